The van der Waals surface area contributed by atoms with E-state index in [1.807, 2.05) is 0 Å². The molecule has 3 N–H and O–H groups in total. The summed E-state index contributed by atoms with van der Waals surface area (Å²) in [7, 11) is 0. The summed E-state index contributed by atoms with van der Waals surface area (Å²) < 4.78 is 0. The Morgan fingerprint density at radius 3 is 2.79 bits per heavy atom. The van der Waals surface area contributed by atoms with Gasteiger partial charge in [0.1, 0.15) is 0 Å². The number of hydrogen-bond acceptors (Lipinski definition) is 2. The predicted octanol–water partition coefficient (Wildman–Crippen LogP) is 2.73. The fourth-order valence-corrected chi connectivity index (χ4v) is 2.38. The second-order valence-electron chi connectivity index (χ2n) is 4.58. The number of primary amides is 1. The van der Waals surface area contributed by atoms with Crippen LogP contribution in [0.3, 0.4) is 0 Å². The molecule has 0 fully saturated rings. The van der Waals surface area contributed by atoms with Crippen LogP contribution in [-0.4, -0.2) is 11.8 Å². The van der Waals surface area contributed by atoms with Crippen LogP contribution in [0.25, 0.3) is 0 Å². The zero-order valence-electron chi connectivity index (χ0n) is 10.4. The maximum absolute atomic E-state index is 11.8. The molecule has 1 aromatic carbocycles. The number of carbonyl (C=O) groups excluding carboxylic acids is 2. The second kappa shape index (κ2) is 5.89. The number of allylic oxidation sites excluding steroid dienone is 2. The topological polar surface area (TPSA) is 72.2 Å². The highest BCUT2D eigenvalue weighted by atomic mass is 35.5. The normalized spacial score (nSPS) is 17.4. The van der Waals surface area contributed by atoms with Gasteiger partial charge in [0.15, 0.2) is 0 Å². The van der Waals surface area contributed by atoms with Crippen LogP contribution >= 0.6 is 11.6 Å². The Hall–Kier alpha value is -1.81. The fraction of sp³-hybridized carbons (Fsp3) is 0.286. The van der Waals surface area contributed by atoms with Gasteiger partial charge in [-0.15, -0.1) is 0 Å². The van der Waals surface area contributed by atoms with Crippen LogP contribution in [0.5, 0.6) is 0 Å². The zero-order valence-corrected chi connectivity index (χ0v) is 11.1. The Kier molecular flexibility index (Phi) is 4.22. The van der Waals surface area contributed by atoms with E-state index < -0.39 is 5.91 Å². The molecule has 100 valence electrons. The molecule has 0 aromatic heterocycles. The van der Waals surface area contributed by atoms with Crippen LogP contribution in [0.2, 0.25) is 5.02 Å². The molecule has 0 bridgehead atoms. The van der Waals surface area contributed by atoms with Crippen LogP contribution in [-0.2, 0) is 4.79 Å². The van der Waals surface area contributed by atoms with Gasteiger partial charge in [0.25, 0.3) is 0 Å². The van der Waals surface area contributed by atoms with Gasteiger partial charge in [-0.05, 0) is 37.0 Å². The highest BCUT2D eigenvalue weighted by Gasteiger charge is 2.14. The lowest BCUT2D eigenvalue weighted by molar-refractivity contribution is -0.116. The second-order valence-corrected chi connectivity index (χ2v) is 4.98. The highest BCUT2D eigenvalue weighted by Crippen LogP contribution is 2.23. The fourth-order valence-electron chi connectivity index (χ4n) is 2.11. The number of rotatable bonds is 4. The average molecular weight is 279 g/mol. The number of hydrogen-bond donors (Lipinski definition) is 2. The van der Waals surface area contributed by atoms with Gasteiger partial charge in [0.05, 0.1) is 10.6 Å². The summed E-state index contributed by atoms with van der Waals surface area (Å²) in [4.78, 5) is 22.8. The van der Waals surface area contributed by atoms with E-state index in [0.717, 1.165) is 12.8 Å². The molecule has 0 saturated carbocycles. The number of carbonyl (C=O) groups is 2. The molecule has 0 saturated heterocycles. The van der Waals surface area contributed by atoms with Crippen molar-refractivity contribution in [2.45, 2.75) is 19.3 Å². The third kappa shape index (κ3) is 3.58. The first-order valence-electron chi connectivity index (χ1n) is 6.12. The van der Waals surface area contributed by atoms with Gasteiger partial charge in [0.2, 0.25) is 11.8 Å². The van der Waals surface area contributed by atoms with Gasteiger partial charge >= 0.3 is 0 Å². The molecule has 1 atom stereocenters. The molecule has 1 aliphatic rings. The molecular weight excluding hydrogens is 264 g/mol. The third-order valence-corrected chi connectivity index (χ3v) is 3.39. The molecule has 2 amide bonds. The van der Waals surface area contributed by atoms with Crippen molar-refractivity contribution in [2.24, 2.45) is 11.7 Å². The summed E-state index contributed by atoms with van der Waals surface area (Å²) in [5.41, 5.74) is 5.98. The van der Waals surface area contributed by atoms with Gasteiger partial charge in [-0.3, -0.25) is 9.59 Å². The maximum atomic E-state index is 11.8. The standard InChI is InChI=1S/C14H15ClN2O2/c15-12-8-10(5-6-11(12)14(16)19)17-13(18)7-9-3-1-2-4-9/h1,3,5-6,8-9H,2,4,7H2,(H2,16,19)(H,17,18)/t9-/m0/s1. The molecule has 1 aromatic rings. The van der Waals surface area contributed by atoms with Gasteiger partial charge < -0.3 is 11.1 Å². The molecule has 1 aliphatic carbocycles. The molecular formula is C14H15ClN2O2. The third-order valence-electron chi connectivity index (χ3n) is 3.08. The summed E-state index contributed by atoms with van der Waals surface area (Å²) in [6.07, 6.45) is 6.69. The Balaban J connectivity index is 1.98. The first-order valence-corrected chi connectivity index (χ1v) is 6.50. The molecule has 0 spiro atoms. The van der Waals surface area contributed by atoms with Gasteiger partial charge in [-0.2, -0.15) is 0 Å². The van der Waals surface area contributed by atoms with E-state index in [1.165, 1.54) is 12.1 Å². The number of anilines is 1. The largest absolute Gasteiger partial charge is 0.366 e. The number of amides is 2. The number of halogens is 1. The van der Waals surface area contributed by atoms with E-state index in [1.54, 1.807) is 6.07 Å². The van der Waals surface area contributed by atoms with Crippen molar-refractivity contribution in [2.75, 3.05) is 5.32 Å². The quantitative estimate of drug-likeness (QED) is 0.831. The van der Waals surface area contributed by atoms with E-state index in [2.05, 4.69) is 17.5 Å². The number of benzene rings is 1. The lowest BCUT2D eigenvalue weighted by atomic mass is 10.0. The van der Waals surface area contributed by atoms with Gasteiger partial charge in [-0.25, -0.2) is 0 Å². The molecule has 19 heavy (non-hydrogen) atoms. The Morgan fingerprint density at radius 2 is 2.21 bits per heavy atom. The van der Waals surface area contributed by atoms with E-state index in [0.29, 0.717) is 18.0 Å². The minimum absolute atomic E-state index is 0.0561. The maximum Gasteiger partial charge on any atom is 0.250 e. The van der Waals surface area contributed by atoms with Crippen molar-refractivity contribution in [3.8, 4) is 0 Å². The van der Waals surface area contributed by atoms with Gasteiger partial charge in [-0.1, -0.05) is 23.8 Å². The lowest BCUT2D eigenvalue weighted by Gasteiger charge is -2.09. The van der Waals surface area contributed by atoms with Crippen molar-refractivity contribution in [3.05, 3.63) is 40.9 Å². The Morgan fingerprint density at radius 1 is 1.42 bits per heavy atom. The van der Waals surface area contributed by atoms with Crippen LogP contribution in [0.15, 0.2) is 30.4 Å². The Bertz CT molecular complexity index is 540. The summed E-state index contributed by atoms with van der Waals surface area (Å²) in [6, 6.07) is 4.66. The zero-order chi connectivity index (χ0) is 13.8. The SMILES string of the molecule is NC(=O)c1ccc(NC(=O)C[C@H]2C=CCC2)cc1Cl. The molecule has 0 radical (unpaired) electrons. The monoisotopic (exact) mass is 278 g/mol. The Labute approximate surface area is 116 Å². The summed E-state index contributed by atoms with van der Waals surface area (Å²) in [5.74, 6) is -0.321. The average Bonchev–Trinajstić information content (AvgIpc) is 2.81. The number of nitrogens with two attached hydrogens (primary N) is 1. The van der Waals surface area contributed by atoms with Crippen molar-refractivity contribution in [3.63, 3.8) is 0 Å². The molecule has 5 heteroatoms. The van der Waals surface area contributed by atoms with E-state index in [-0.39, 0.29) is 16.5 Å². The number of nitrogens with one attached hydrogen (secondary N) is 1. The van der Waals surface area contributed by atoms with Crippen molar-refractivity contribution in [1.82, 2.24) is 0 Å². The smallest absolute Gasteiger partial charge is 0.250 e. The van der Waals surface area contributed by atoms with Crippen molar-refractivity contribution >= 4 is 29.1 Å². The minimum atomic E-state index is -0.584. The lowest BCUT2D eigenvalue weighted by Crippen LogP contribution is -2.15. The van der Waals surface area contributed by atoms with E-state index in [9.17, 15) is 9.59 Å². The summed E-state index contributed by atoms with van der Waals surface area (Å²) in [6.45, 7) is 0. The van der Waals surface area contributed by atoms with Crippen LogP contribution in [0.4, 0.5) is 5.69 Å². The molecule has 0 aliphatic heterocycles. The molecule has 0 unspecified atom stereocenters. The van der Waals surface area contributed by atoms with E-state index >= 15 is 0 Å². The molecule has 4 nitrogen and oxygen atoms in total. The van der Waals surface area contributed by atoms with Crippen LogP contribution in [0, 0.1) is 5.92 Å². The first kappa shape index (κ1) is 13.6. The predicted molar refractivity (Wildman–Crippen MR) is 75.1 cm³/mol. The molecule has 0 heterocycles. The highest BCUT2D eigenvalue weighted by molar-refractivity contribution is 6.34. The van der Waals surface area contributed by atoms with Crippen LogP contribution in [0.1, 0.15) is 29.6 Å². The molecule has 2 rings (SSSR count). The minimum Gasteiger partial charge on any atom is -0.366 e. The van der Waals surface area contributed by atoms with Crippen LogP contribution < -0.4 is 11.1 Å². The van der Waals surface area contributed by atoms with Crippen molar-refractivity contribution in [1.29, 1.82) is 0 Å². The van der Waals surface area contributed by atoms with Crippen molar-refractivity contribution < 1.29 is 9.59 Å². The summed E-state index contributed by atoms with van der Waals surface area (Å²) in [5, 5.41) is 3.01. The van der Waals surface area contributed by atoms with E-state index in [4.69, 9.17) is 17.3 Å². The first-order chi connectivity index (χ1) is 9.06. The summed E-state index contributed by atoms with van der Waals surface area (Å²) >= 11 is 5.91. The van der Waals surface area contributed by atoms with Gasteiger partial charge in [0, 0.05) is 12.1 Å².